The highest BCUT2D eigenvalue weighted by Crippen LogP contribution is 2.48. The third-order valence-corrected chi connectivity index (χ3v) is 5.82. The average Bonchev–Trinajstić information content (AvgIpc) is 3.13. The normalized spacial score (nSPS) is 16.7. The van der Waals surface area contributed by atoms with Crippen LogP contribution < -0.4 is 5.73 Å². The Morgan fingerprint density at radius 3 is 2.58 bits per heavy atom. The number of rotatable bonds is 3. The molecule has 2 aromatic carbocycles. The molecule has 0 bridgehead atoms. The van der Waals surface area contributed by atoms with Crippen molar-refractivity contribution in [1.82, 2.24) is 9.97 Å². The lowest BCUT2D eigenvalue weighted by Gasteiger charge is -2.30. The van der Waals surface area contributed by atoms with Crippen LogP contribution in [0.4, 0.5) is 8.78 Å². The summed E-state index contributed by atoms with van der Waals surface area (Å²) < 4.78 is 30.4. The molecule has 0 spiro atoms. The van der Waals surface area contributed by atoms with Crippen molar-refractivity contribution in [3.63, 3.8) is 0 Å². The molecule has 2 N–H and O–H groups in total. The van der Waals surface area contributed by atoms with Gasteiger partial charge in [0.05, 0.1) is 11.1 Å². The fourth-order valence-corrected chi connectivity index (χ4v) is 4.38. The lowest BCUT2D eigenvalue weighted by molar-refractivity contribution is 0.557. The van der Waals surface area contributed by atoms with Gasteiger partial charge in [-0.25, -0.2) is 13.8 Å². The molecular weight excluding hydrogens is 420 g/mol. The summed E-state index contributed by atoms with van der Waals surface area (Å²) in [6.45, 7) is 1.82. The molecule has 0 fully saturated rings. The van der Waals surface area contributed by atoms with Crippen LogP contribution in [-0.4, -0.2) is 15.8 Å². The number of hydrogen-bond acceptors (Lipinski definition) is 5. The predicted octanol–water partition coefficient (Wildman–Crippen LogP) is 4.61. The number of hydrogen-bond donors (Lipinski definition) is 1. The summed E-state index contributed by atoms with van der Waals surface area (Å²) in [7, 11) is 0. The molecule has 160 valence electrons. The molecule has 1 aliphatic rings. The van der Waals surface area contributed by atoms with Gasteiger partial charge in [-0.15, -0.1) is 0 Å². The number of benzene rings is 2. The standard InChI is InChI=1S/C26H17F2N5/c1-15-9-19(7-8-32-15)26(20-3-2-4-23(28)24(20)25(30)33-26)21-11-17(5-6-22(21)27)18-10-16(12-29)13-31-14-18/h2-11,13-14H,1H3,(H2,30,33). The van der Waals surface area contributed by atoms with Crippen LogP contribution in [0.2, 0.25) is 0 Å². The molecule has 5 nitrogen and oxygen atoms in total. The van der Waals surface area contributed by atoms with Gasteiger partial charge in [0.1, 0.15) is 29.1 Å². The van der Waals surface area contributed by atoms with E-state index in [1.807, 2.05) is 6.92 Å². The number of nitrogens with two attached hydrogens (primary N) is 1. The number of amidine groups is 1. The summed E-state index contributed by atoms with van der Waals surface area (Å²) in [5.74, 6) is -1.05. The van der Waals surface area contributed by atoms with Gasteiger partial charge in [0.2, 0.25) is 0 Å². The second-order valence-corrected chi connectivity index (χ2v) is 7.82. The minimum absolute atomic E-state index is 0.00415. The fourth-order valence-electron chi connectivity index (χ4n) is 4.38. The number of fused-ring (bicyclic) bond motifs is 1. The molecular formula is C26H17F2N5. The van der Waals surface area contributed by atoms with E-state index in [0.29, 0.717) is 33.5 Å². The number of nitriles is 1. The van der Waals surface area contributed by atoms with E-state index in [1.54, 1.807) is 54.9 Å². The van der Waals surface area contributed by atoms with Gasteiger partial charge in [0.15, 0.2) is 0 Å². The van der Waals surface area contributed by atoms with Crippen molar-refractivity contribution in [2.24, 2.45) is 10.7 Å². The Morgan fingerprint density at radius 1 is 0.939 bits per heavy atom. The Hall–Kier alpha value is -4.44. The first-order chi connectivity index (χ1) is 15.9. The quantitative estimate of drug-likeness (QED) is 0.507. The number of nitrogens with zero attached hydrogens (tertiary/aromatic N) is 4. The Labute approximate surface area is 188 Å². The molecule has 1 aliphatic heterocycles. The molecule has 0 radical (unpaired) electrons. The van der Waals surface area contributed by atoms with Gasteiger partial charge in [-0.05, 0) is 54.4 Å². The molecule has 7 heteroatoms. The lowest BCUT2D eigenvalue weighted by atomic mass is 9.76. The van der Waals surface area contributed by atoms with Crippen molar-refractivity contribution in [3.8, 4) is 17.2 Å². The molecule has 33 heavy (non-hydrogen) atoms. The SMILES string of the molecule is Cc1cc(C2(c3cc(-c4cncc(C#N)c4)ccc3F)N=C(N)c3c(F)cccc32)ccn1. The molecule has 0 saturated heterocycles. The maximum atomic E-state index is 15.5. The van der Waals surface area contributed by atoms with Gasteiger partial charge >= 0.3 is 0 Å². The minimum atomic E-state index is -1.41. The first-order valence-corrected chi connectivity index (χ1v) is 10.2. The monoisotopic (exact) mass is 437 g/mol. The highest BCUT2D eigenvalue weighted by atomic mass is 19.1. The summed E-state index contributed by atoms with van der Waals surface area (Å²) in [5, 5.41) is 9.24. The lowest BCUT2D eigenvalue weighted by Crippen LogP contribution is -2.27. The van der Waals surface area contributed by atoms with E-state index in [9.17, 15) is 9.65 Å². The van der Waals surface area contributed by atoms with Crippen LogP contribution in [0.5, 0.6) is 0 Å². The van der Waals surface area contributed by atoms with Gasteiger partial charge in [-0.3, -0.25) is 9.97 Å². The zero-order valence-corrected chi connectivity index (χ0v) is 17.6. The van der Waals surface area contributed by atoms with E-state index in [-0.39, 0.29) is 17.0 Å². The summed E-state index contributed by atoms with van der Waals surface area (Å²) in [4.78, 5) is 13.0. The Balaban J connectivity index is 1.84. The Morgan fingerprint density at radius 2 is 1.79 bits per heavy atom. The van der Waals surface area contributed by atoms with Crippen LogP contribution in [0.15, 0.2) is 78.2 Å². The smallest absolute Gasteiger partial charge is 0.142 e. The second kappa shape index (κ2) is 7.61. The van der Waals surface area contributed by atoms with Crippen LogP contribution in [0, 0.1) is 29.9 Å². The molecule has 5 rings (SSSR count). The Kier molecular flexibility index (Phi) is 4.72. The zero-order valence-electron chi connectivity index (χ0n) is 17.6. The Bertz CT molecular complexity index is 1490. The van der Waals surface area contributed by atoms with Crippen molar-refractivity contribution < 1.29 is 8.78 Å². The third-order valence-electron chi connectivity index (χ3n) is 5.82. The van der Waals surface area contributed by atoms with Crippen LogP contribution in [0.25, 0.3) is 11.1 Å². The largest absolute Gasteiger partial charge is 0.383 e. The van der Waals surface area contributed by atoms with Gasteiger partial charge in [0, 0.05) is 41.0 Å². The van der Waals surface area contributed by atoms with Crippen molar-refractivity contribution in [2.45, 2.75) is 12.5 Å². The molecule has 0 aliphatic carbocycles. The predicted molar refractivity (Wildman–Crippen MR) is 120 cm³/mol. The molecule has 4 aromatic rings. The van der Waals surface area contributed by atoms with E-state index in [2.05, 4.69) is 21.0 Å². The maximum absolute atomic E-state index is 15.5. The van der Waals surface area contributed by atoms with E-state index >= 15 is 4.39 Å². The van der Waals surface area contributed by atoms with E-state index in [4.69, 9.17) is 5.73 Å². The first kappa shape index (κ1) is 20.5. The van der Waals surface area contributed by atoms with Gasteiger partial charge in [-0.1, -0.05) is 18.2 Å². The molecule has 1 atom stereocenters. The topological polar surface area (TPSA) is 88.0 Å². The fraction of sp³-hybridized carbons (Fsp3) is 0.0769. The molecule has 0 amide bonds. The number of aromatic nitrogens is 2. The molecule has 2 aromatic heterocycles. The summed E-state index contributed by atoms with van der Waals surface area (Å²) in [5.41, 5.74) is 8.59. The second-order valence-electron chi connectivity index (χ2n) is 7.82. The van der Waals surface area contributed by atoms with Crippen LogP contribution in [-0.2, 0) is 5.54 Å². The maximum Gasteiger partial charge on any atom is 0.142 e. The highest BCUT2D eigenvalue weighted by molar-refractivity contribution is 6.03. The summed E-state index contributed by atoms with van der Waals surface area (Å²) in [6.07, 6.45) is 4.66. The summed E-state index contributed by atoms with van der Waals surface area (Å²) in [6, 6.07) is 16.4. The number of aliphatic imine (C=N–C) groups is 1. The van der Waals surface area contributed by atoms with Gasteiger partial charge in [-0.2, -0.15) is 5.26 Å². The minimum Gasteiger partial charge on any atom is -0.383 e. The highest BCUT2D eigenvalue weighted by Gasteiger charge is 2.45. The number of halogens is 2. The number of pyridine rings is 2. The average molecular weight is 437 g/mol. The van der Waals surface area contributed by atoms with Crippen molar-refractivity contribution in [2.75, 3.05) is 0 Å². The van der Waals surface area contributed by atoms with Crippen LogP contribution in [0.1, 0.15) is 33.5 Å². The molecule has 3 heterocycles. The number of aryl methyl sites for hydroxylation is 1. The zero-order chi connectivity index (χ0) is 23.2. The van der Waals surface area contributed by atoms with Crippen LogP contribution >= 0.6 is 0 Å². The summed E-state index contributed by atoms with van der Waals surface area (Å²) >= 11 is 0. The van der Waals surface area contributed by atoms with E-state index in [1.165, 1.54) is 18.3 Å². The van der Waals surface area contributed by atoms with Crippen molar-refractivity contribution in [3.05, 3.63) is 118 Å². The first-order valence-electron chi connectivity index (χ1n) is 10.2. The van der Waals surface area contributed by atoms with Gasteiger partial charge < -0.3 is 5.73 Å². The van der Waals surface area contributed by atoms with Crippen LogP contribution in [0.3, 0.4) is 0 Å². The van der Waals surface area contributed by atoms with E-state index < -0.39 is 17.2 Å². The van der Waals surface area contributed by atoms with Crippen molar-refractivity contribution >= 4 is 5.84 Å². The third kappa shape index (κ3) is 3.15. The molecule has 1 unspecified atom stereocenters. The molecule has 0 saturated carbocycles. The van der Waals surface area contributed by atoms with Crippen molar-refractivity contribution in [1.29, 1.82) is 5.26 Å². The van der Waals surface area contributed by atoms with E-state index in [0.717, 1.165) is 0 Å². The van der Waals surface area contributed by atoms with Gasteiger partial charge in [0.25, 0.3) is 0 Å².